The fourth-order valence-electron chi connectivity index (χ4n) is 5.11. The van der Waals surface area contributed by atoms with E-state index in [0.29, 0.717) is 11.4 Å². The van der Waals surface area contributed by atoms with Crippen LogP contribution in [0.15, 0.2) is 79.0 Å². The van der Waals surface area contributed by atoms with Gasteiger partial charge in [-0.2, -0.15) is 0 Å². The lowest BCUT2D eigenvalue weighted by Gasteiger charge is -2.35. The van der Waals surface area contributed by atoms with Gasteiger partial charge in [-0.1, -0.05) is 48.9 Å². The lowest BCUT2D eigenvalue weighted by molar-refractivity contribution is -0.133. The van der Waals surface area contributed by atoms with Gasteiger partial charge >= 0.3 is 0 Å². The molecule has 0 N–H and O–H groups in total. The van der Waals surface area contributed by atoms with Crippen LogP contribution in [-0.2, 0) is 11.8 Å². The van der Waals surface area contributed by atoms with Gasteiger partial charge in [0.15, 0.2) is 0 Å². The largest absolute Gasteiger partial charge is 0.457 e. The first-order valence-electron chi connectivity index (χ1n) is 12.6. The Morgan fingerprint density at radius 2 is 1.69 bits per heavy atom. The number of likely N-dealkylation sites (N-methyl/N-ethyl adjacent to an activating group) is 1. The highest BCUT2D eigenvalue weighted by atomic mass is 35.5. The smallest absolute Gasteiger partial charge is 0.223 e. The highest BCUT2D eigenvalue weighted by Crippen LogP contribution is 2.37. The second-order valence-corrected chi connectivity index (χ2v) is 9.85. The molecule has 36 heavy (non-hydrogen) atoms. The number of halogens is 1. The van der Waals surface area contributed by atoms with Crippen LogP contribution in [-0.4, -0.2) is 53.0 Å². The van der Waals surface area contributed by atoms with Crippen LogP contribution in [0.2, 0.25) is 5.02 Å². The highest BCUT2D eigenvalue weighted by molar-refractivity contribution is 6.30. The molecule has 2 heterocycles. The molecular formula is C30H32ClN3O2. The molecule has 0 radical (unpaired) electrons. The zero-order valence-electron chi connectivity index (χ0n) is 20.9. The Balaban J connectivity index is 1.47. The fourth-order valence-corrected chi connectivity index (χ4v) is 5.23. The number of fused-ring (bicyclic) bond motifs is 1. The molecule has 1 aromatic heterocycles. The Kier molecular flexibility index (Phi) is 7.30. The Hall–Kier alpha value is -3.28. The first-order chi connectivity index (χ1) is 17.5. The summed E-state index contributed by atoms with van der Waals surface area (Å²) >= 11 is 6.03. The summed E-state index contributed by atoms with van der Waals surface area (Å²) < 4.78 is 8.28. The molecule has 1 aliphatic heterocycles. The molecule has 1 aliphatic rings. The van der Waals surface area contributed by atoms with E-state index < -0.39 is 0 Å². The Bertz CT molecular complexity index is 1340. The zero-order valence-corrected chi connectivity index (χ0v) is 21.6. The summed E-state index contributed by atoms with van der Waals surface area (Å²) in [5.41, 5.74) is 3.39. The first kappa shape index (κ1) is 24.4. The molecule has 0 aliphatic carbocycles. The Labute approximate surface area is 217 Å². The molecule has 0 unspecified atom stereocenters. The third kappa shape index (κ3) is 5.28. The molecule has 186 valence electrons. The van der Waals surface area contributed by atoms with Gasteiger partial charge in [-0.15, -0.1) is 0 Å². The number of para-hydroxylation sites is 1. The van der Waals surface area contributed by atoms with Crippen LogP contribution in [0.4, 0.5) is 0 Å². The van der Waals surface area contributed by atoms with Gasteiger partial charge in [-0.25, -0.2) is 0 Å². The molecule has 0 spiro atoms. The molecular weight excluding hydrogens is 470 g/mol. The highest BCUT2D eigenvalue weighted by Gasteiger charge is 2.27. The number of ether oxygens (including phenoxy) is 1. The van der Waals surface area contributed by atoms with E-state index in [0.717, 1.165) is 60.9 Å². The number of hydrogen-bond donors (Lipinski definition) is 0. The maximum Gasteiger partial charge on any atom is 0.223 e. The van der Waals surface area contributed by atoms with Gasteiger partial charge in [0.1, 0.15) is 11.5 Å². The minimum Gasteiger partial charge on any atom is -0.457 e. The van der Waals surface area contributed by atoms with E-state index >= 15 is 0 Å². The van der Waals surface area contributed by atoms with E-state index in [1.165, 1.54) is 5.39 Å². The number of carbonyl (C=O) groups excluding carboxylic acids is 1. The number of amides is 1. The molecule has 1 amide bonds. The van der Waals surface area contributed by atoms with Gasteiger partial charge in [0.05, 0.1) is 0 Å². The quantitative estimate of drug-likeness (QED) is 0.298. The Morgan fingerprint density at radius 3 is 2.44 bits per heavy atom. The van der Waals surface area contributed by atoms with Crippen molar-refractivity contribution in [2.45, 2.75) is 19.3 Å². The number of aryl methyl sites for hydroxylation is 1. The number of rotatable bonds is 7. The second-order valence-electron chi connectivity index (χ2n) is 9.41. The number of hydrogen-bond acceptors (Lipinski definition) is 3. The molecule has 6 heteroatoms. The summed E-state index contributed by atoms with van der Waals surface area (Å²) in [6, 6.07) is 23.9. The molecule has 3 aromatic carbocycles. The van der Waals surface area contributed by atoms with Gasteiger partial charge < -0.3 is 19.1 Å². The van der Waals surface area contributed by atoms with Crippen LogP contribution in [0.5, 0.6) is 11.5 Å². The van der Waals surface area contributed by atoms with Crippen molar-refractivity contribution in [3.8, 4) is 11.5 Å². The number of aromatic nitrogens is 1. The third-order valence-corrected chi connectivity index (χ3v) is 7.42. The van der Waals surface area contributed by atoms with Crippen molar-refractivity contribution in [2.24, 2.45) is 7.05 Å². The van der Waals surface area contributed by atoms with Crippen molar-refractivity contribution in [2.75, 3.05) is 32.7 Å². The van der Waals surface area contributed by atoms with Crippen molar-refractivity contribution in [3.05, 3.63) is 95.1 Å². The average molecular weight is 502 g/mol. The average Bonchev–Trinajstić information content (AvgIpc) is 3.25. The number of nitrogens with zero attached hydrogens (tertiary/aromatic N) is 3. The van der Waals surface area contributed by atoms with Crippen molar-refractivity contribution in [1.82, 2.24) is 14.4 Å². The van der Waals surface area contributed by atoms with Crippen molar-refractivity contribution in [1.29, 1.82) is 0 Å². The van der Waals surface area contributed by atoms with E-state index in [9.17, 15) is 4.79 Å². The molecule has 1 fully saturated rings. The summed E-state index contributed by atoms with van der Waals surface area (Å²) in [7, 11) is 2.06. The summed E-state index contributed by atoms with van der Waals surface area (Å²) in [4.78, 5) is 18.0. The summed E-state index contributed by atoms with van der Waals surface area (Å²) in [6.45, 7) is 6.65. The van der Waals surface area contributed by atoms with Crippen LogP contribution in [0.3, 0.4) is 0 Å². The van der Waals surface area contributed by atoms with E-state index in [1.54, 1.807) is 0 Å². The Morgan fingerprint density at radius 1 is 0.944 bits per heavy atom. The van der Waals surface area contributed by atoms with Crippen molar-refractivity contribution in [3.63, 3.8) is 0 Å². The SMILES string of the molecule is CCN1CCN(C(=O)C[C@H](c2cccc(Oc3ccc(Cl)cc3)c2)c2cn(C)c3ccccc23)CC1. The first-order valence-corrected chi connectivity index (χ1v) is 13.0. The van der Waals surface area contributed by atoms with Crippen LogP contribution >= 0.6 is 11.6 Å². The molecule has 0 bridgehead atoms. The number of piperazine rings is 1. The predicted molar refractivity (Wildman–Crippen MR) is 146 cm³/mol. The van der Waals surface area contributed by atoms with Crippen LogP contribution in [0.25, 0.3) is 10.9 Å². The van der Waals surface area contributed by atoms with Crippen molar-refractivity contribution >= 4 is 28.4 Å². The van der Waals surface area contributed by atoms with Crippen LogP contribution < -0.4 is 4.74 Å². The normalized spacial score (nSPS) is 15.2. The third-order valence-electron chi connectivity index (χ3n) is 7.16. The maximum atomic E-state index is 13.6. The summed E-state index contributed by atoms with van der Waals surface area (Å²) in [6.07, 6.45) is 2.59. The molecule has 1 atom stereocenters. The lowest BCUT2D eigenvalue weighted by Crippen LogP contribution is -2.48. The standard InChI is InChI=1S/C30H32ClN3O2/c1-3-33-15-17-34(18-16-33)30(35)20-27(28-21-32(2)29-10-5-4-9-26(28)29)22-7-6-8-25(19-22)36-24-13-11-23(31)12-14-24/h4-14,19,21,27H,3,15-18,20H2,1-2H3/t27-/m1/s1. The van der Waals surface area contributed by atoms with Gasteiger partial charge in [-0.3, -0.25) is 4.79 Å². The number of carbonyl (C=O) groups is 1. The second kappa shape index (κ2) is 10.8. The molecule has 1 saturated heterocycles. The lowest BCUT2D eigenvalue weighted by atomic mass is 9.87. The molecule has 0 saturated carbocycles. The number of benzene rings is 3. The monoisotopic (exact) mass is 501 g/mol. The van der Waals surface area contributed by atoms with E-state index in [-0.39, 0.29) is 11.8 Å². The molecule has 4 aromatic rings. The van der Waals surface area contributed by atoms with Gasteiger partial charge in [0.25, 0.3) is 0 Å². The van der Waals surface area contributed by atoms with Gasteiger partial charge in [0, 0.05) is 67.7 Å². The maximum absolute atomic E-state index is 13.6. The zero-order chi connectivity index (χ0) is 25.1. The fraction of sp³-hybridized carbons (Fsp3) is 0.300. The van der Waals surface area contributed by atoms with E-state index in [2.05, 4.69) is 66.0 Å². The minimum atomic E-state index is -0.0819. The predicted octanol–water partition coefficient (Wildman–Crippen LogP) is 6.31. The topological polar surface area (TPSA) is 37.7 Å². The van der Waals surface area contributed by atoms with Crippen LogP contribution in [0, 0.1) is 0 Å². The van der Waals surface area contributed by atoms with Crippen LogP contribution in [0.1, 0.15) is 30.4 Å². The van der Waals surface area contributed by atoms with E-state index in [1.807, 2.05) is 41.3 Å². The van der Waals surface area contributed by atoms with Gasteiger partial charge in [0.2, 0.25) is 5.91 Å². The van der Waals surface area contributed by atoms with Crippen molar-refractivity contribution < 1.29 is 9.53 Å². The molecule has 5 nitrogen and oxygen atoms in total. The summed E-state index contributed by atoms with van der Waals surface area (Å²) in [5, 5.41) is 1.85. The van der Waals surface area contributed by atoms with E-state index in [4.69, 9.17) is 16.3 Å². The van der Waals surface area contributed by atoms with Gasteiger partial charge in [-0.05, 0) is 60.1 Å². The minimum absolute atomic E-state index is 0.0819. The summed E-state index contributed by atoms with van der Waals surface area (Å²) in [5.74, 6) is 1.58. The molecule has 5 rings (SSSR count).